The molecule has 104 valence electrons. The first-order chi connectivity index (χ1) is 9.74. The van der Waals surface area contributed by atoms with E-state index < -0.39 is 0 Å². The van der Waals surface area contributed by atoms with E-state index in [0.717, 1.165) is 36.8 Å². The van der Waals surface area contributed by atoms with Gasteiger partial charge in [0.1, 0.15) is 5.69 Å². The van der Waals surface area contributed by atoms with E-state index in [1.165, 1.54) is 0 Å². The third-order valence-corrected chi connectivity index (χ3v) is 3.63. The predicted molar refractivity (Wildman–Crippen MR) is 76.4 cm³/mol. The van der Waals surface area contributed by atoms with Crippen molar-refractivity contribution < 1.29 is 9.59 Å². The minimum absolute atomic E-state index is 0.00744. The molecule has 1 aliphatic heterocycles. The standard InChI is InChI=1S/C15H17N3O2/c19-14(18-7-3-4-8-18)10-16-15(20)13-9-11-5-1-2-6-12(11)17-13/h1-2,5-6,9,17H,3-4,7-8,10H2,(H,16,20). The number of hydrogen-bond acceptors (Lipinski definition) is 2. The highest BCUT2D eigenvalue weighted by molar-refractivity contribution is 5.99. The van der Waals surface area contributed by atoms with Crippen LogP contribution in [0.1, 0.15) is 23.3 Å². The second kappa shape index (κ2) is 5.36. The second-order valence-electron chi connectivity index (χ2n) is 5.04. The van der Waals surface area contributed by atoms with E-state index in [9.17, 15) is 9.59 Å². The largest absolute Gasteiger partial charge is 0.351 e. The molecule has 1 aromatic heterocycles. The Morgan fingerprint density at radius 2 is 1.95 bits per heavy atom. The van der Waals surface area contributed by atoms with Gasteiger partial charge in [0.05, 0.1) is 6.54 Å². The Labute approximate surface area is 117 Å². The molecule has 2 heterocycles. The first-order valence-electron chi connectivity index (χ1n) is 6.88. The number of H-pyrrole nitrogens is 1. The molecule has 0 radical (unpaired) electrons. The zero-order chi connectivity index (χ0) is 13.9. The molecule has 2 N–H and O–H groups in total. The number of aromatic amines is 1. The Kier molecular flexibility index (Phi) is 3.41. The van der Waals surface area contributed by atoms with Gasteiger partial charge >= 0.3 is 0 Å². The molecule has 1 saturated heterocycles. The third-order valence-electron chi connectivity index (χ3n) is 3.63. The Balaban J connectivity index is 1.62. The number of rotatable bonds is 3. The highest BCUT2D eigenvalue weighted by atomic mass is 16.2. The lowest BCUT2D eigenvalue weighted by Crippen LogP contribution is -2.38. The SMILES string of the molecule is O=C(NCC(=O)N1CCCC1)c1cc2ccccc2[nH]1. The van der Waals surface area contributed by atoms with E-state index in [0.29, 0.717) is 5.69 Å². The summed E-state index contributed by atoms with van der Waals surface area (Å²) in [6, 6.07) is 9.50. The zero-order valence-electron chi connectivity index (χ0n) is 11.2. The van der Waals surface area contributed by atoms with Crippen molar-refractivity contribution in [3.8, 4) is 0 Å². The van der Waals surface area contributed by atoms with Crippen molar-refractivity contribution in [1.29, 1.82) is 0 Å². The van der Waals surface area contributed by atoms with Crippen LogP contribution in [0.4, 0.5) is 0 Å². The smallest absolute Gasteiger partial charge is 0.268 e. The maximum absolute atomic E-state index is 12.0. The molecular formula is C15H17N3O2. The fourth-order valence-electron chi connectivity index (χ4n) is 2.53. The van der Waals surface area contributed by atoms with Gasteiger partial charge in [-0.2, -0.15) is 0 Å². The van der Waals surface area contributed by atoms with Crippen LogP contribution in [0.15, 0.2) is 30.3 Å². The van der Waals surface area contributed by atoms with Crippen molar-refractivity contribution in [1.82, 2.24) is 15.2 Å². The molecule has 1 aromatic carbocycles. The molecule has 2 aromatic rings. The summed E-state index contributed by atoms with van der Waals surface area (Å²) >= 11 is 0. The minimum Gasteiger partial charge on any atom is -0.351 e. The van der Waals surface area contributed by atoms with Crippen LogP contribution < -0.4 is 5.32 Å². The lowest BCUT2D eigenvalue weighted by molar-refractivity contribution is -0.129. The van der Waals surface area contributed by atoms with Crippen LogP contribution in [0.25, 0.3) is 10.9 Å². The van der Waals surface area contributed by atoms with Crippen LogP contribution >= 0.6 is 0 Å². The molecule has 20 heavy (non-hydrogen) atoms. The first-order valence-corrected chi connectivity index (χ1v) is 6.88. The van der Waals surface area contributed by atoms with Gasteiger partial charge in [0.25, 0.3) is 5.91 Å². The lowest BCUT2D eigenvalue weighted by Gasteiger charge is -2.15. The van der Waals surface area contributed by atoms with Gasteiger partial charge in [0.2, 0.25) is 5.91 Å². The van der Waals surface area contributed by atoms with Crippen LogP contribution in [0.3, 0.4) is 0 Å². The number of nitrogens with zero attached hydrogens (tertiary/aromatic N) is 1. The Morgan fingerprint density at radius 3 is 2.70 bits per heavy atom. The Morgan fingerprint density at radius 1 is 1.20 bits per heavy atom. The molecule has 0 aliphatic carbocycles. The first kappa shape index (κ1) is 12.7. The number of nitrogens with one attached hydrogen (secondary N) is 2. The van der Waals surface area contributed by atoms with E-state index in [1.807, 2.05) is 24.3 Å². The van der Waals surface area contributed by atoms with Crippen LogP contribution in [-0.4, -0.2) is 41.3 Å². The number of aromatic nitrogens is 1. The van der Waals surface area contributed by atoms with E-state index in [-0.39, 0.29) is 18.4 Å². The second-order valence-corrected chi connectivity index (χ2v) is 5.04. The molecule has 2 amide bonds. The van der Waals surface area contributed by atoms with Crippen LogP contribution in [0.5, 0.6) is 0 Å². The molecule has 0 saturated carbocycles. The molecule has 0 bridgehead atoms. The van der Waals surface area contributed by atoms with Gasteiger partial charge in [-0.25, -0.2) is 0 Å². The summed E-state index contributed by atoms with van der Waals surface area (Å²) in [6.07, 6.45) is 2.11. The normalized spacial score (nSPS) is 14.7. The van der Waals surface area contributed by atoms with Crippen molar-refractivity contribution in [3.05, 3.63) is 36.0 Å². The van der Waals surface area contributed by atoms with E-state index in [1.54, 1.807) is 11.0 Å². The molecule has 1 aliphatic rings. The quantitative estimate of drug-likeness (QED) is 0.889. The van der Waals surface area contributed by atoms with E-state index >= 15 is 0 Å². The number of hydrogen-bond donors (Lipinski definition) is 2. The van der Waals surface area contributed by atoms with Gasteiger partial charge in [-0.05, 0) is 25.0 Å². The van der Waals surface area contributed by atoms with Crippen molar-refractivity contribution in [2.45, 2.75) is 12.8 Å². The van der Waals surface area contributed by atoms with E-state index in [4.69, 9.17) is 0 Å². The van der Waals surface area contributed by atoms with Gasteiger partial charge < -0.3 is 15.2 Å². The van der Waals surface area contributed by atoms with Crippen LogP contribution in [-0.2, 0) is 4.79 Å². The maximum Gasteiger partial charge on any atom is 0.268 e. The molecule has 3 rings (SSSR count). The highest BCUT2D eigenvalue weighted by Gasteiger charge is 2.18. The molecule has 0 spiro atoms. The van der Waals surface area contributed by atoms with E-state index in [2.05, 4.69) is 10.3 Å². The Hall–Kier alpha value is -2.30. The van der Waals surface area contributed by atoms with Gasteiger partial charge in [-0.3, -0.25) is 9.59 Å². The summed E-state index contributed by atoms with van der Waals surface area (Å²) in [5.74, 6) is -0.249. The monoisotopic (exact) mass is 271 g/mol. The topological polar surface area (TPSA) is 65.2 Å². The zero-order valence-corrected chi connectivity index (χ0v) is 11.2. The van der Waals surface area contributed by atoms with Crippen molar-refractivity contribution >= 4 is 22.7 Å². The molecular weight excluding hydrogens is 254 g/mol. The average Bonchev–Trinajstić information content (AvgIpc) is 3.12. The van der Waals surface area contributed by atoms with Crippen molar-refractivity contribution in [2.75, 3.05) is 19.6 Å². The summed E-state index contributed by atoms with van der Waals surface area (Å²) in [7, 11) is 0. The van der Waals surface area contributed by atoms with Gasteiger partial charge in [-0.1, -0.05) is 18.2 Å². The van der Waals surface area contributed by atoms with Crippen molar-refractivity contribution in [2.24, 2.45) is 0 Å². The van der Waals surface area contributed by atoms with Gasteiger partial charge in [-0.15, -0.1) is 0 Å². The number of benzene rings is 1. The summed E-state index contributed by atoms with van der Waals surface area (Å²) in [4.78, 5) is 28.7. The Bertz CT molecular complexity index is 608. The predicted octanol–water partition coefficient (Wildman–Crippen LogP) is 1.52. The van der Waals surface area contributed by atoms with Crippen molar-refractivity contribution in [3.63, 3.8) is 0 Å². The fourth-order valence-corrected chi connectivity index (χ4v) is 2.53. The van der Waals surface area contributed by atoms with Gasteiger partial charge in [0.15, 0.2) is 0 Å². The molecule has 5 nitrogen and oxygen atoms in total. The minimum atomic E-state index is -0.242. The summed E-state index contributed by atoms with van der Waals surface area (Å²) in [6.45, 7) is 1.68. The molecule has 5 heteroatoms. The van der Waals surface area contributed by atoms with Crippen LogP contribution in [0, 0.1) is 0 Å². The molecule has 0 atom stereocenters. The third kappa shape index (κ3) is 2.52. The number of carbonyl (C=O) groups is 2. The number of para-hydroxylation sites is 1. The van der Waals surface area contributed by atoms with Crippen LogP contribution in [0.2, 0.25) is 0 Å². The molecule has 1 fully saturated rings. The summed E-state index contributed by atoms with van der Waals surface area (Å²) in [5, 5.41) is 3.66. The number of fused-ring (bicyclic) bond motifs is 1. The number of carbonyl (C=O) groups excluding carboxylic acids is 2. The summed E-state index contributed by atoms with van der Waals surface area (Å²) < 4.78 is 0. The fraction of sp³-hybridized carbons (Fsp3) is 0.333. The lowest BCUT2D eigenvalue weighted by atomic mass is 10.2. The average molecular weight is 271 g/mol. The number of amides is 2. The maximum atomic E-state index is 12.0. The number of likely N-dealkylation sites (tertiary alicyclic amines) is 1. The summed E-state index contributed by atoms with van der Waals surface area (Å²) in [5.41, 5.74) is 1.41. The highest BCUT2D eigenvalue weighted by Crippen LogP contribution is 2.14. The van der Waals surface area contributed by atoms with Gasteiger partial charge in [0, 0.05) is 24.0 Å². The molecule has 0 unspecified atom stereocenters.